The normalized spacial score (nSPS) is 13.8. The van der Waals surface area contributed by atoms with Gasteiger partial charge in [0.05, 0.1) is 0 Å². The average molecular weight is 236 g/mol. The van der Waals surface area contributed by atoms with Gasteiger partial charge in [0.1, 0.15) is 6.07 Å². The first-order chi connectivity index (χ1) is 8.90. The van der Waals surface area contributed by atoms with Gasteiger partial charge in [-0.25, -0.2) is 9.97 Å². The second kappa shape index (κ2) is 4.46. The summed E-state index contributed by atoms with van der Waals surface area (Å²) in [7, 11) is 0. The summed E-state index contributed by atoms with van der Waals surface area (Å²) < 4.78 is 0. The molecular weight excluding hydrogens is 224 g/mol. The van der Waals surface area contributed by atoms with Gasteiger partial charge < -0.3 is 4.90 Å². The third-order valence-corrected chi connectivity index (χ3v) is 3.15. The molecule has 0 saturated carbocycles. The van der Waals surface area contributed by atoms with Crippen LogP contribution in [0, 0.1) is 11.3 Å². The van der Waals surface area contributed by atoms with E-state index in [1.54, 1.807) is 12.4 Å². The molecule has 18 heavy (non-hydrogen) atoms. The minimum Gasteiger partial charge on any atom is -0.324 e. The van der Waals surface area contributed by atoms with Crippen LogP contribution in [0.5, 0.6) is 0 Å². The van der Waals surface area contributed by atoms with E-state index in [1.807, 2.05) is 12.1 Å². The summed E-state index contributed by atoms with van der Waals surface area (Å²) >= 11 is 0. The van der Waals surface area contributed by atoms with Gasteiger partial charge in [0, 0.05) is 24.6 Å². The van der Waals surface area contributed by atoms with Crippen LogP contribution < -0.4 is 4.90 Å². The summed E-state index contributed by atoms with van der Waals surface area (Å²) in [5.41, 5.74) is 2.83. The third-order valence-electron chi connectivity index (χ3n) is 3.15. The van der Waals surface area contributed by atoms with Crippen LogP contribution in [0.25, 0.3) is 0 Å². The molecular formula is C14H12N4. The number of hydrogen-bond donors (Lipinski definition) is 0. The molecule has 0 amide bonds. The Balaban J connectivity index is 2.12. The van der Waals surface area contributed by atoms with Crippen LogP contribution in [0.3, 0.4) is 0 Å². The molecule has 1 aliphatic rings. The molecule has 0 saturated heterocycles. The lowest BCUT2D eigenvalue weighted by Gasteiger charge is -2.30. The summed E-state index contributed by atoms with van der Waals surface area (Å²) in [6.45, 7) is 0.879. The van der Waals surface area contributed by atoms with E-state index >= 15 is 0 Å². The van der Waals surface area contributed by atoms with Gasteiger partial charge in [-0.3, -0.25) is 0 Å². The van der Waals surface area contributed by atoms with E-state index in [0.29, 0.717) is 11.5 Å². The van der Waals surface area contributed by atoms with Crippen molar-refractivity contribution in [3.05, 3.63) is 47.9 Å². The van der Waals surface area contributed by atoms with E-state index in [2.05, 4.69) is 33.1 Å². The molecule has 1 aliphatic heterocycles. The Morgan fingerprint density at radius 1 is 1.17 bits per heavy atom. The number of rotatable bonds is 1. The molecule has 0 radical (unpaired) electrons. The van der Waals surface area contributed by atoms with Gasteiger partial charge in [0.25, 0.3) is 0 Å². The molecule has 1 aromatic heterocycles. The number of hydrogen-bond acceptors (Lipinski definition) is 4. The van der Waals surface area contributed by atoms with Gasteiger partial charge >= 0.3 is 0 Å². The zero-order valence-corrected chi connectivity index (χ0v) is 9.87. The van der Waals surface area contributed by atoms with E-state index in [-0.39, 0.29) is 0 Å². The molecule has 0 unspecified atom stereocenters. The monoisotopic (exact) mass is 236 g/mol. The zero-order valence-electron chi connectivity index (χ0n) is 9.87. The highest BCUT2D eigenvalue weighted by Crippen LogP contribution is 2.32. The number of aromatic nitrogens is 2. The van der Waals surface area contributed by atoms with E-state index < -0.39 is 0 Å². The molecule has 2 heterocycles. The molecule has 4 heteroatoms. The van der Waals surface area contributed by atoms with Crippen molar-refractivity contribution in [1.82, 2.24) is 9.97 Å². The molecule has 0 fully saturated rings. The van der Waals surface area contributed by atoms with E-state index in [9.17, 15) is 0 Å². The maximum atomic E-state index is 9.12. The second-order valence-electron chi connectivity index (χ2n) is 4.22. The minimum absolute atomic E-state index is 0.384. The van der Waals surface area contributed by atoms with Crippen LogP contribution in [0.15, 0.2) is 36.7 Å². The SMILES string of the molecule is N#Cc1nccnc1N1CCCc2ccccc21. The Hall–Kier alpha value is -2.41. The van der Waals surface area contributed by atoms with Crippen molar-refractivity contribution < 1.29 is 0 Å². The van der Waals surface area contributed by atoms with Crippen molar-refractivity contribution in [2.75, 3.05) is 11.4 Å². The molecule has 0 spiro atoms. The van der Waals surface area contributed by atoms with Crippen molar-refractivity contribution in [2.24, 2.45) is 0 Å². The highest BCUT2D eigenvalue weighted by Gasteiger charge is 2.21. The van der Waals surface area contributed by atoms with Crippen LogP contribution in [-0.4, -0.2) is 16.5 Å². The van der Waals surface area contributed by atoms with Gasteiger partial charge in [-0.2, -0.15) is 5.26 Å². The van der Waals surface area contributed by atoms with Crippen LogP contribution in [-0.2, 0) is 6.42 Å². The lowest BCUT2D eigenvalue weighted by atomic mass is 10.0. The maximum absolute atomic E-state index is 9.12. The van der Waals surface area contributed by atoms with E-state index in [0.717, 1.165) is 25.1 Å². The Morgan fingerprint density at radius 3 is 2.89 bits per heavy atom. The van der Waals surface area contributed by atoms with Gasteiger partial charge in [-0.1, -0.05) is 18.2 Å². The number of nitrogens with zero attached hydrogens (tertiary/aromatic N) is 4. The fraction of sp³-hybridized carbons (Fsp3) is 0.214. The van der Waals surface area contributed by atoms with Crippen molar-refractivity contribution >= 4 is 11.5 Å². The predicted octanol–water partition coefficient (Wildman–Crippen LogP) is 2.43. The Kier molecular flexibility index (Phi) is 2.66. The van der Waals surface area contributed by atoms with Crippen LogP contribution in [0.1, 0.15) is 17.7 Å². The number of nitriles is 1. The molecule has 0 bridgehead atoms. The predicted molar refractivity (Wildman–Crippen MR) is 68.5 cm³/mol. The fourth-order valence-electron chi connectivity index (χ4n) is 2.36. The van der Waals surface area contributed by atoms with Gasteiger partial charge in [-0.15, -0.1) is 0 Å². The smallest absolute Gasteiger partial charge is 0.183 e. The summed E-state index contributed by atoms with van der Waals surface area (Å²) in [6, 6.07) is 10.4. The summed E-state index contributed by atoms with van der Waals surface area (Å²) in [5.74, 6) is 0.659. The quantitative estimate of drug-likeness (QED) is 0.763. The molecule has 4 nitrogen and oxygen atoms in total. The minimum atomic E-state index is 0.384. The summed E-state index contributed by atoms with van der Waals surface area (Å²) in [5, 5.41) is 9.12. The van der Waals surface area contributed by atoms with Crippen molar-refractivity contribution in [2.45, 2.75) is 12.8 Å². The van der Waals surface area contributed by atoms with Gasteiger partial charge in [-0.05, 0) is 24.5 Å². The van der Waals surface area contributed by atoms with Crippen molar-refractivity contribution in [3.63, 3.8) is 0 Å². The lowest BCUT2D eigenvalue weighted by molar-refractivity contribution is 0.757. The molecule has 3 rings (SSSR count). The Labute approximate surface area is 106 Å². The van der Waals surface area contributed by atoms with Crippen molar-refractivity contribution in [3.8, 4) is 6.07 Å². The van der Waals surface area contributed by atoms with Crippen molar-refractivity contribution in [1.29, 1.82) is 5.26 Å². The van der Waals surface area contributed by atoms with Crippen LogP contribution >= 0.6 is 0 Å². The highest BCUT2D eigenvalue weighted by atomic mass is 15.2. The zero-order chi connectivity index (χ0) is 12.4. The topological polar surface area (TPSA) is 52.8 Å². The number of aryl methyl sites for hydroxylation is 1. The first-order valence-electron chi connectivity index (χ1n) is 5.96. The van der Waals surface area contributed by atoms with Crippen LogP contribution in [0.4, 0.5) is 11.5 Å². The van der Waals surface area contributed by atoms with Gasteiger partial charge in [0.2, 0.25) is 0 Å². The fourth-order valence-corrected chi connectivity index (χ4v) is 2.36. The largest absolute Gasteiger partial charge is 0.324 e. The average Bonchev–Trinajstić information content (AvgIpc) is 2.46. The van der Waals surface area contributed by atoms with Crippen LogP contribution in [0.2, 0.25) is 0 Å². The molecule has 1 aromatic carbocycles. The van der Waals surface area contributed by atoms with Gasteiger partial charge in [0.15, 0.2) is 11.5 Å². The molecule has 2 aromatic rings. The van der Waals surface area contributed by atoms with E-state index in [1.165, 1.54) is 5.56 Å². The first kappa shape index (κ1) is 10.7. The first-order valence-corrected chi connectivity index (χ1v) is 5.96. The molecule has 0 aliphatic carbocycles. The molecule has 0 atom stereocenters. The number of para-hydroxylation sites is 1. The number of anilines is 2. The summed E-state index contributed by atoms with van der Waals surface area (Å²) in [4.78, 5) is 10.5. The summed E-state index contributed by atoms with van der Waals surface area (Å²) in [6.07, 6.45) is 5.33. The second-order valence-corrected chi connectivity index (χ2v) is 4.22. The van der Waals surface area contributed by atoms with E-state index in [4.69, 9.17) is 5.26 Å². The molecule has 0 N–H and O–H groups in total. The maximum Gasteiger partial charge on any atom is 0.183 e. The lowest BCUT2D eigenvalue weighted by Crippen LogP contribution is -2.26. The Morgan fingerprint density at radius 2 is 2.00 bits per heavy atom. The molecule has 88 valence electrons. The number of benzene rings is 1. The number of fused-ring (bicyclic) bond motifs is 1. The standard InChI is InChI=1S/C14H12N4/c15-10-12-14(17-8-7-16-12)18-9-3-5-11-4-1-2-6-13(11)18/h1-2,4,6-8H,3,5,9H2. The Bertz CT molecular complexity index is 615. The third kappa shape index (κ3) is 1.70. The highest BCUT2D eigenvalue weighted by molar-refractivity contribution is 5.68.